The van der Waals surface area contributed by atoms with E-state index in [1.54, 1.807) is 0 Å². The highest BCUT2D eigenvalue weighted by Crippen LogP contribution is 2.26. The summed E-state index contributed by atoms with van der Waals surface area (Å²) in [6.45, 7) is 4.14. The highest BCUT2D eigenvalue weighted by atomic mass is 35.5. The van der Waals surface area contributed by atoms with Crippen LogP contribution in [0.25, 0.3) is 0 Å². The van der Waals surface area contributed by atoms with Crippen LogP contribution in [0, 0.1) is 0 Å². The highest BCUT2D eigenvalue weighted by Gasteiger charge is 2.20. The van der Waals surface area contributed by atoms with Crippen molar-refractivity contribution in [2.24, 2.45) is 0 Å². The van der Waals surface area contributed by atoms with Crippen molar-refractivity contribution in [1.82, 2.24) is 5.32 Å². The summed E-state index contributed by atoms with van der Waals surface area (Å²) in [5.41, 5.74) is 1.27. The Morgan fingerprint density at radius 2 is 2.32 bits per heavy atom. The van der Waals surface area contributed by atoms with Gasteiger partial charge in [-0.2, -0.15) is 0 Å². The van der Waals surface area contributed by atoms with Crippen molar-refractivity contribution in [3.05, 3.63) is 34.9 Å². The van der Waals surface area contributed by atoms with Gasteiger partial charge in [-0.05, 0) is 56.3 Å². The molecule has 1 N–H and O–H groups in total. The third-order valence-corrected chi connectivity index (χ3v) is 3.90. The van der Waals surface area contributed by atoms with Gasteiger partial charge in [-0.15, -0.1) is 0 Å². The van der Waals surface area contributed by atoms with E-state index >= 15 is 0 Å². The fraction of sp³-hybridized carbons (Fsp3) is 0.625. The lowest BCUT2D eigenvalue weighted by Crippen LogP contribution is -2.29. The molecule has 2 unspecified atom stereocenters. The van der Waals surface area contributed by atoms with Gasteiger partial charge in [0, 0.05) is 17.7 Å². The van der Waals surface area contributed by atoms with Gasteiger partial charge in [0.1, 0.15) is 0 Å². The molecular formula is C16H24ClNO. The lowest BCUT2D eigenvalue weighted by Gasteiger charge is -2.28. The van der Waals surface area contributed by atoms with E-state index in [0.717, 1.165) is 31.0 Å². The molecule has 0 spiro atoms. The van der Waals surface area contributed by atoms with Crippen LogP contribution in [-0.4, -0.2) is 19.3 Å². The van der Waals surface area contributed by atoms with E-state index in [2.05, 4.69) is 24.4 Å². The molecule has 1 aliphatic rings. The molecule has 1 fully saturated rings. The molecule has 0 amide bonds. The largest absolute Gasteiger partial charge is 0.378 e. The first-order valence-electron chi connectivity index (χ1n) is 7.40. The molecule has 0 bridgehead atoms. The van der Waals surface area contributed by atoms with Crippen molar-refractivity contribution in [2.45, 2.75) is 51.2 Å². The van der Waals surface area contributed by atoms with Crippen LogP contribution in [0.2, 0.25) is 5.02 Å². The van der Waals surface area contributed by atoms with Crippen LogP contribution < -0.4 is 5.32 Å². The van der Waals surface area contributed by atoms with Gasteiger partial charge >= 0.3 is 0 Å². The van der Waals surface area contributed by atoms with Crippen LogP contribution in [0.4, 0.5) is 0 Å². The number of hydrogen-bond acceptors (Lipinski definition) is 2. The molecule has 1 aromatic carbocycles. The van der Waals surface area contributed by atoms with Crippen molar-refractivity contribution < 1.29 is 4.74 Å². The number of ether oxygens (including phenoxy) is 1. The second kappa shape index (κ2) is 7.88. The predicted octanol–water partition coefficient (Wildman–Crippen LogP) is 4.34. The molecule has 2 nitrogen and oxygen atoms in total. The maximum atomic E-state index is 6.11. The van der Waals surface area contributed by atoms with E-state index in [1.807, 2.05) is 12.1 Å². The molecule has 0 aromatic heterocycles. The molecule has 0 saturated carbocycles. The van der Waals surface area contributed by atoms with Crippen LogP contribution in [0.1, 0.15) is 50.6 Å². The molecule has 2 rings (SSSR count). The molecule has 1 aromatic rings. The average molecular weight is 282 g/mol. The smallest absolute Gasteiger partial charge is 0.0593 e. The maximum Gasteiger partial charge on any atom is 0.0593 e. The van der Waals surface area contributed by atoms with Crippen LogP contribution in [0.15, 0.2) is 24.3 Å². The van der Waals surface area contributed by atoms with Gasteiger partial charge in [-0.1, -0.05) is 30.7 Å². The van der Waals surface area contributed by atoms with Crippen molar-refractivity contribution in [1.29, 1.82) is 0 Å². The van der Waals surface area contributed by atoms with Gasteiger partial charge in [-0.25, -0.2) is 0 Å². The minimum absolute atomic E-state index is 0.349. The first kappa shape index (κ1) is 14.8. The summed E-state index contributed by atoms with van der Waals surface area (Å²) < 4.78 is 5.87. The number of benzene rings is 1. The molecule has 0 aliphatic carbocycles. The number of nitrogens with one attached hydrogen (secondary N) is 1. The Balaban J connectivity index is 2.01. The Hall–Kier alpha value is -0.570. The van der Waals surface area contributed by atoms with Gasteiger partial charge in [0.25, 0.3) is 0 Å². The first-order valence-corrected chi connectivity index (χ1v) is 7.78. The molecule has 1 aliphatic heterocycles. The quantitative estimate of drug-likeness (QED) is 0.837. The molecular weight excluding hydrogens is 258 g/mol. The predicted molar refractivity (Wildman–Crippen MR) is 80.7 cm³/mol. The summed E-state index contributed by atoms with van der Waals surface area (Å²) in [5, 5.41) is 4.43. The molecule has 19 heavy (non-hydrogen) atoms. The number of hydrogen-bond donors (Lipinski definition) is 1. The molecule has 1 heterocycles. The SMILES string of the molecule is CCCNC(CC1CCCCO1)c1cccc(Cl)c1. The van der Waals surface area contributed by atoms with E-state index in [9.17, 15) is 0 Å². The normalized spacial score (nSPS) is 21.3. The number of rotatable bonds is 6. The fourth-order valence-corrected chi connectivity index (χ4v) is 2.83. The summed E-state index contributed by atoms with van der Waals surface area (Å²) >= 11 is 6.11. The Kier molecular flexibility index (Phi) is 6.15. The third kappa shape index (κ3) is 4.79. The molecule has 0 radical (unpaired) electrons. The maximum absolute atomic E-state index is 6.11. The van der Waals surface area contributed by atoms with Gasteiger partial charge in [0.2, 0.25) is 0 Å². The number of halogens is 1. The van der Waals surface area contributed by atoms with E-state index in [4.69, 9.17) is 16.3 Å². The van der Waals surface area contributed by atoms with Crippen LogP contribution in [0.3, 0.4) is 0 Å². The standard InChI is InChI=1S/C16H24ClNO/c1-2-9-18-16(12-15-8-3-4-10-19-15)13-6-5-7-14(17)11-13/h5-7,11,15-16,18H,2-4,8-10,12H2,1H3. The molecule has 1 saturated heterocycles. The van der Waals surface area contributed by atoms with Crippen LogP contribution in [-0.2, 0) is 4.74 Å². The zero-order valence-electron chi connectivity index (χ0n) is 11.7. The zero-order chi connectivity index (χ0) is 13.5. The Morgan fingerprint density at radius 1 is 1.42 bits per heavy atom. The fourth-order valence-electron chi connectivity index (χ4n) is 2.64. The zero-order valence-corrected chi connectivity index (χ0v) is 12.5. The van der Waals surface area contributed by atoms with Gasteiger partial charge < -0.3 is 10.1 Å². The van der Waals surface area contributed by atoms with Gasteiger partial charge in [0.05, 0.1) is 6.10 Å². The Labute approximate surface area is 121 Å². The summed E-state index contributed by atoms with van der Waals surface area (Å²) in [6.07, 6.45) is 6.26. The average Bonchev–Trinajstić information content (AvgIpc) is 2.44. The van der Waals surface area contributed by atoms with Crippen molar-refractivity contribution in [3.63, 3.8) is 0 Å². The van der Waals surface area contributed by atoms with Gasteiger partial charge in [0.15, 0.2) is 0 Å². The van der Waals surface area contributed by atoms with Crippen molar-refractivity contribution in [3.8, 4) is 0 Å². The van der Waals surface area contributed by atoms with Crippen molar-refractivity contribution in [2.75, 3.05) is 13.2 Å². The lowest BCUT2D eigenvalue weighted by molar-refractivity contribution is 0.00505. The summed E-state index contributed by atoms with van der Waals surface area (Å²) in [7, 11) is 0. The Bertz CT molecular complexity index is 377. The minimum atomic E-state index is 0.349. The molecule has 3 heteroatoms. The third-order valence-electron chi connectivity index (χ3n) is 3.66. The van der Waals surface area contributed by atoms with Crippen molar-refractivity contribution >= 4 is 11.6 Å². The Morgan fingerprint density at radius 3 is 3.00 bits per heavy atom. The van der Waals surface area contributed by atoms with Crippen LogP contribution in [0.5, 0.6) is 0 Å². The van der Waals surface area contributed by atoms with E-state index in [0.29, 0.717) is 12.1 Å². The highest BCUT2D eigenvalue weighted by molar-refractivity contribution is 6.30. The van der Waals surface area contributed by atoms with E-state index in [-0.39, 0.29) is 0 Å². The minimum Gasteiger partial charge on any atom is -0.378 e. The summed E-state index contributed by atoms with van der Waals surface area (Å²) in [6, 6.07) is 8.53. The monoisotopic (exact) mass is 281 g/mol. The molecule has 106 valence electrons. The van der Waals surface area contributed by atoms with Crippen LogP contribution >= 0.6 is 11.6 Å². The topological polar surface area (TPSA) is 21.3 Å². The second-order valence-electron chi connectivity index (χ2n) is 5.29. The lowest BCUT2D eigenvalue weighted by atomic mass is 9.96. The van der Waals surface area contributed by atoms with Gasteiger partial charge in [-0.3, -0.25) is 0 Å². The second-order valence-corrected chi connectivity index (χ2v) is 5.72. The molecule has 2 atom stereocenters. The first-order chi connectivity index (χ1) is 9.29. The van der Waals surface area contributed by atoms with E-state index in [1.165, 1.54) is 24.8 Å². The summed E-state index contributed by atoms with van der Waals surface area (Å²) in [5.74, 6) is 0. The summed E-state index contributed by atoms with van der Waals surface area (Å²) in [4.78, 5) is 0. The van der Waals surface area contributed by atoms with E-state index < -0.39 is 0 Å².